The maximum absolute atomic E-state index is 14.2. The standard InChI is InChI=1S/C30H37BrN4O4S/c1-5-23(2)32-30(37)28(20-24-13-8-6-9-14-24)34(21-25-15-12-16-26(31)19-25)29(36)22-35(40(38,39)33(3)4)27-17-10-7-11-18-27/h6-19,23,28H,5,20-22H2,1-4H3,(H,32,37)/t23-,28+/m0/s1. The molecule has 0 radical (unpaired) electrons. The lowest BCUT2D eigenvalue weighted by Crippen LogP contribution is -2.55. The van der Waals surface area contributed by atoms with Crippen LogP contribution in [0, 0.1) is 0 Å². The summed E-state index contributed by atoms with van der Waals surface area (Å²) in [7, 11) is -1.17. The van der Waals surface area contributed by atoms with Gasteiger partial charge >= 0.3 is 10.2 Å². The number of carbonyl (C=O) groups excluding carboxylic acids is 2. The summed E-state index contributed by atoms with van der Waals surface area (Å²) in [5.41, 5.74) is 2.05. The number of rotatable bonds is 13. The maximum atomic E-state index is 14.2. The summed E-state index contributed by atoms with van der Waals surface area (Å²) in [6.07, 6.45) is 1.00. The van der Waals surface area contributed by atoms with Crippen molar-refractivity contribution in [2.24, 2.45) is 0 Å². The molecule has 2 amide bonds. The molecular formula is C30H37BrN4O4S. The number of halogens is 1. The smallest absolute Gasteiger partial charge is 0.304 e. The molecule has 0 aliphatic carbocycles. The number of hydrogen-bond acceptors (Lipinski definition) is 4. The van der Waals surface area contributed by atoms with E-state index < -0.39 is 28.7 Å². The third kappa shape index (κ3) is 8.39. The summed E-state index contributed by atoms with van der Waals surface area (Å²) < 4.78 is 29.7. The summed E-state index contributed by atoms with van der Waals surface area (Å²) in [5.74, 6) is -0.780. The average molecular weight is 630 g/mol. The van der Waals surface area contributed by atoms with Crippen LogP contribution in [-0.2, 0) is 32.8 Å². The molecule has 214 valence electrons. The molecule has 0 unspecified atom stereocenters. The maximum Gasteiger partial charge on any atom is 0.304 e. The molecule has 2 atom stereocenters. The van der Waals surface area contributed by atoms with E-state index in [1.165, 1.54) is 19.0 Å². The Kier molecular flexibility index (Phi) is 11.3. The van der Waals surface area contributed by atoms with Gasteiger partial charge in [-0.25, -0.2) is 4.31 Å². The van der Waals surface area contributed by atoms with Crippen LogP contribution < -0.4 is 9.62 Å². The van der Waals surface area contributed by atoms with Gasteiger partial charge in [-0.1, -0.05) is 83.5 Å². The molecule has 1 N–H and O–H groups in total. The minimum atomic E-state index is -4.02. The zero-order chi connectivity index (χ0) is 29.3. The van der Waals surface area contributed by atoms with Crippen LogP contribution in [0.25, 0.3) is 0 Å². The zero-order valence-corrected chi connectivity index (χ0v) is 25.7. The fourth-order valence-corrected chi connectivity index (χ4v) is 5.64. The average Bonchev–Trinajstić information content (AvgIpc) is 2.94. The van der Waals surface area contributed by atoms with E-state index in [1.54, 1.807) is 30.3 Å². The highest BCUT2D eigenvalue weighted by Crippen LogP contribution is 2.22. The monoisotopic (exact) mass is 628 g/mol. The van der Waals surface area contributed by atoms with Gasteiger partial charge in [-0.2, -0.15) is 12.7 Å². The van der Waals surface area contributed by atoms with Crippen LogP contribution >= 0.6 is 15.9 Å². The van der Waals surface area contributed by atoms with Crippen LogP contribution in [-0.4, -0.2) is 62.2 Å². The van der Waals surface area contributed by atoms with Gasteiger partial charge in [0.05, 0.1) is 5.69 Å². The van der Waals surface area contributed by atoms with Gasteiger partial charge in [0.2, 0.25) is 11.8 Å². The lowest BCUT2D eigenvalue weighted by atomic mass is 10.0. The predicted molar refractivity (Wildman–Crippen MR) is 163 cm³/mol. The van der Waals surface area contributed by atoms with Crippen molar-refractivity contribution in [3.05, 3.63) is 101 Å². The van der Waals surface area contributed by atoms with E-state index in [0.717, 1.165) is 30.6 Å². The minimum Gasteiger partial charge on any atom is -0.352 e. The first kappa shape index (κ1) is 31.3. The second-order valence-corrected chi connectivity index (χ2v) is 12.8. The molecular weight excluding hydrogens is 592 g/mol. The molecule has 0 bridgehead atoms. The number of nitrogens with zero attached hydrogens (tertiary/aromatic N) is 3. The largest absolute Gasteiger partial charge is 0.352 e. The Morgan fingerprint density at radius 1 is 0.900 bits per heavy atom. The lowest BCUT2D eigenvalue weighted by molar-refractivity contribution is -0.140. The second-order valence-electron chi connectivity index (χ2n) is 9.81. The van der Waals surface area contributed by atoms with Crippen LogP contribution in [0.5, 0.6) is 0 Å². The lowest BCUT2D eigenvalue weighted by Gasteiger charge is -2.35. The Bertz CT molecular complexity index is 1370. The van der Waals surface area contributed by atoms with Gasteiger partial charge in [0, 0.05) is 37.6 Å². The van der Waals surface area contributed by atoms with Crippen molar-refractivity contribution in [2.75, 3.05) is 24.9 Å². The molecule has 0 fully saturated rings. The highest BCUT2D eigenvalue weighted by molar-refractivity contribution is 9.10. The molecule has 8 nitrogen and oxygen atoms in total. The number of carbonyl (C=O) groups is 2. The van der Waals surface area contributed by atoms with E-state index in [2.05, 4.69) is 21.2 Å². The highest BCUT2D eigenvalue weighted by atomic mass is 79.9. The molecule has 10 heteroatoms. The topological polar surface area (TPSA) is 90.0 Å². The summed E-state index contributed by atoms with van der Waals surface area (Å²) >= 11 is 3.49. The molecule has 0 aromatic heterocycles. The molecule has 0 spiro atoms. The summed E-state index contributed by atoms with van der Waals surface area (Å²) in [6, 6.07) is 24.5. The van der Waals surface area contributed by atoms with Crippen LogP contribution in [0.4, 0.5) is 5.69 Å². The van der Waals surface area contributed by atoms with E-state index in [4.69, 9.17) is 0 Å². The van der Waals surface area contributed by atoms with Crippen LogP contribution in [0.3, 0.4) is 0 Å². The first-order valence-electron chi connectivity index (χ1n) is 13.2. The van der Waals surface area contributed by atoms with Crippen LogP contribution in [0.15, 0.2) is 89.4 Å². The molecule has 0 heterocycles. The summed E-state index contributed by atoms with van der Waals surface area (Å²) in [5, 5.41) is 3.03. The summed E-state index contributed by atoms with van der Waals surface area (Å²) in [4.78, 5) is 29.4. The number of para-hydroxylation sites is 1. The molecule has 0 aliphatic rings. The first-order valence-corrected chi connectivity index (χ1v) is 15.3. The Morgan fingerprint density at radius 3 is 2.08 bits per heavy atom. The number of nitrogens with one attached hydrogen (secondary N) is 1. The number of amides is 2. The van der Waals surface area contributed by atoms with Gasteiger partial charge in [0.1, 0.15) is 12.6 Å². The first-order chi connectivity index (χ1) is 19.0. The second kappa shape index (κ2) is 14.4. The molecule has 3 aromatic rings. The fourth-order valence-electron chi connectivity index (χ4n) is 4.14. The van der Waals surface area contributed by atoms with E-state index in [1.807, 2.05) is 68.4 Å². The van der Waals surface area contributed by atoms with Gasteiger partial charge in [-0.3, -0.25) is 9.59 Å². The minimum absolute atomic E-state index is 0.0940. The molecule has 0 saturated carbocycles. The number of anilines is 1. The number of benzene rings is 3. The van der Waals surface area contributed by atoms with Gasteiger partial charge in [-0.15, -0.1) is 0 Å². The molecule has 0 aliphatic heterocycles. The Balaban J connectivity index is 2.08. The van der Waals surface area contributed by atoms with E-state index in [9.17, 15) is 18.0 Å². The molecule has 3 rings (SSSR count). The van der Waals surface area contributed by atoms with E-state index in [-0.39, 0.29) is 24.9 Å². The molecule has 40 heavy (non-hydrogen) atoms. The van der Waals surface area contributed by atoms with Crippen molar-refractivity contribution in [2.45, 2.75) is 45.3 Å². The van der Waals surface area contributed by atoms with Crippen molar-refractivity contribution >= 4 is 43.6 Å². The zero-order valence-electron chi connectivity index (χ0n) is 23.3. The quantitative estimate of drug-likeness (QED) is 0.299. The van der Waals surface area contributed by atoms with Crippen LogP contribution in [0.2, 0.25) is 0 Å². The Morgan fingerprint density at radius 2 is 1.50 bits per heavy atom. The predicted octanol–water partition coefficient (Wildman–Crippen LogP) is 4.62. The highest BCUT2D eigenvalue weighted by Gasteiger charge is 2.35. The van der Waals surface area contributed by atoms with Crippen molar-refractivity contribution < 1.29 is 18.0 Å². The molecule has 3 aromatic carbocycles. The van der Waals surface area contributed by atoms with Crippen molar-refractivity contribution in [3.63, 3.8) is 0 Å². The van der Waals surface area contributed by atoms with Gasteiger partial charge in [-0.05, 0) is 48.7 Å². The SMILES string of the molecule is CC[C@H](C)NC(=O)[C@@H](Cc1ccccc1)N(Cc1cccc(Br)c1)C(=O)CN(c1ccccc1)S(=O)(=O)N(C)C. The van der Waals surface area contributed by atoms with Gasteiger partial charge in [0.25, 0.3) is 0 Å². The van der Waals surface area contributed by atoms with E-state index >= 15 is 0 Å². The van der Waals surface area contributed by atoms with Crippen molar-refractivity contribution in [1.29, 1.82) is 0 Å². The number of hydrogen-bond donors (Lipinski definition) is 1. The van der Waals surface area contributed by atoms with Gasteiger partial charge in [0.15, 0.2) is 0 Å². The normalized spacial score (nSPS) is 12.9. The third-order valence-electron chi connectivity index (χ3n) is 6.58. The van der Waals surface area contributed by atoms with Crippen LogP contribution in [0.1, 0.15) is 31.4 Å². The Hall–Kier alpha value is -3.21. The fraction of sp³-hybridized carbons (Fsp3) is 0.333. The third-order valence-corrected chi connectivity index (χ3v) is 8.89. The van der Waals surface area contributed by atoms with E-state index in [0.29, 0.717) is 5.69 Å². The molecule has 0 saturated heterocycles. The summed E-state index contributed by atoms with van der Waals surface area (Å²) in [6.45, 7) is 3.54. The van der Waals surface area contributed by atoms with Crippen molar-refractivity contribution in [1.82, 2.24) is 14.5 Å². The Labute approximate surface area is 246 Å². The van der Waals surface area contributed by atoms with Crippen molar-refractivity contribution in [3.8, 4) is 0 Å². The van der Waals surface area contributed by atoms with Gasteiger partial charge < -0.3 is 10.2 Å².